The van der Waals surface area contributed by atoms with Gasteiger partial charge in [-0.25, -0.2) is 8.78 Å². The first-order valence-corrected chi connectivity index (χ1v) is 14.1. The highest BCUT2D eigenvalue weighted by molar-refractivity contribution is 5.97. The van der Waals surface area contributed by atoms with Crippen molar-refractivity contribution in [3.8, 4) is 0 Å². The Bertz CT molecular complexity index is 1300. The van der Waals surface area contributed by atoms with Crippen molar-refractivity contribution in [2.24, 2.45) is 0 Å². The van der Waals surface area contributed by atoms with Crippen molar-refractivity contribution in [1.29, 1.82) is 0 Å². The number of hydrogen-bond donors (Lipinski definition) is 1. The number of aromatic nitrogens is 1. The molecule has 0 saturated carbocycles. The van der Waals surface area contributed by atoms with E-state index in [1.165, 1.54) is 12.1 Å². The molecule has 2 amide bonds. The van der Waals surface area contributed by atoms with E-state index in [0.29, 0.717) is 50.5 Å². The smallest absolute Gasteiger partial charge is 0.241 e. The highest BCUT2D eigenvalue weighted by atomic mass is 35.5. The van der Waals surface area contributed by atoms with Crippen LogP contribution in [0, 0.1) is 11.6 Å². The number of benzene rings is 1. The first-order valence-electron chi connectivity index (χ1n) is 14.1. The maximum atomic E-state index is 14.3. The third-order valence-electron chi connectivity index (χ3n) is 8.67. The second kappa shape index (κ2) is 13.5. The van der Waals surface area contributed by atoms with Gasteiger partial charge in [0.25, 0.3) is 0 Å². The summed E-state index contributed by atoms with van der Waals surface area (Å²) in [5.74, 6) is -1.11. The number of nitrogens with zero attached hydrogens (tertiary/aromatic N) is 5. The van der Waals surface area contributed by atoms with Crippen LogP contribution in [0.4, 0.5) is 14.5 Å². The standard InChI is InChI=1S/C30H40F2N6O2.2ClH/c1-19-13-36(24(11-33-19)15-37-14-20(2)35(5)16-28(37)39)17-29(40)38-18-30(3,4)25-12-34-23(10-27(25)38)8-21-6-7-22(31)9-26(21)32;;/h6-7,9-10,12,19-20,24,33H,8,11,13-18H2,1-5H3;2*1H/t19-,20+,24-;;/m1../s1. The molecule has 42 heavy (non-hydrogen) atoms. The van der Waals surface area contributed by atoms with Gasteiger partial charge in [0.1, 0.15) is 11.6 Å². The molecule has 3 aliphatic rings. The largest absolute Gasteiger partial charge is 0.338 e. The molecule has 1 aromatic heterocycles. The monoisotopic (exact) mass is 626 g/mol. The SMILES string of the molecule is C[C@@H]1CN(CC(=O)N2CC(C)(C)c3cnc(Cc4ccc(F)cc4F)cc32)[C@@H](CN2C[C@H](C)N(C)CC2=O)CN1.Cl.Cl. The summed E-state index contributed by atoms with van der Waals surface area (Å²) >= 11 is 0. The molecule has 0 spiro atoms. The lowest BCUT2D eigenvalue weighted by Gasteiger charge is -2.44. The third kappa shape index (κ3) is 7.22. The summed E-state index contributed by atoms with van der Waals surface area (Å²) < 4.78 is 27.7. The molecule has 2 aromatic rings. The predicted octanol–water partition coefficient (Wildman–Crippen LogP) is 3.24. The minimum atomic E-state index is -0.617. The van der Waals surface area contributed by atoms with Gasteiger partial charge < -0.3 is 15.1 Å². The lowest BCUT2D eigenvalue weighted by molar-refractivity contribution is -0.138. The van der Waals surface area contributed by atoms with Crippen LogP contribution < -0.4 is 10.2 Å². The number of carbonyl (C=O) groups is 2. The van der Waals surface area contributed by atoms with Gasteiger partial charge in [-0.1, -0.05) is 19.9 Å². The van der Waals surface area contributed by atoms with Crippen molar-refractivity contribution < 1.29 is 18.4 Å². The van der Waals surface area contributed by atoms with Crippen molar-refractivity contribution in [1.82, 2.24) is 25.0 Å². The molecule has 2 saturated heterocycles. The van der Waals surface area contributed by atoms with E-state index in [-0.39, 0.29) is 73.1 Å². The molecule has 0 radical (unpaired) electrons. The number of carbonyl (C=O) groups excluding carboxylic acids is 2. The number of likely N-dealkylation sites (N-methyl/N-ethyl adjacent to an activating group) is 1. The van der Waals surface area contributed by atoms with Crippen LogP contribution in [0.3, 0.4) is 0 Å². The number of nitrogens with one attached hydrogen (secondary N) is 1. The van der Waals surface area contributed by atoms with Crippen molar-refractivity contribution in [2.75, 3.05) is 57.8 Å². The molecule has 0 unspecified atom stereocenters. The minimum absolute atomic E-state index is 0. The molecule has 3 atom stereocenters. The molecule has 1 aromatic carbocycles. The molecule has 0 bridgehead atoms. The fraction of sp³-hybridized carbons (Fsp3) is 0.567. The topological polar surface area (TPSA) is 72.0 Å². The number of anilines is 1. The van der Waals surface area contributed by atoms with Gasteiger partial charge in [0, 0.05) is 86.2 Å². The van der Waals surface area contributed by atoms with E-state index in [1.54, 1.807) is 6.20 Å². The summed E-state index contributed by atoms with van der Waals surface area (Å²) in [5.41, 5.74) is 2.47. The molecular formula is C30H42Cl2F2N6O2. The molecule has 232 valence electrons. The zero-order valence-electron chi connectivity index (χ0n) is 24.9. The average Bonchev–Trinajstić information content (AvgIpc) is 3.16. The van der Waals surface area contributed by atoms with E-state index in [9.17, 15) is 18.4 Å². The second-order valence-corrected chi connectivity index (χ2v) is 12.4. The van der Waals surface area contributed by atoms with E-state index in [4.69, 9.17) is 0 Å². The maximum Gasteiger partial charge on any atom is 0.241 e. The molecule has 4 heterocycles. The first kappa shape index (κ1) is 34.1. The normalized spacial score (nSPS) is 24.2. The number of piperazine rings is 2. The summed E-state index contributed by atoms with van der Waals surface area (Å²) in [4.78, 5) is 39.2. The maximum absolute atomic E-state index is 14.3. The number of amides is 2. The summed E-state index contributed by atoms with van der Waals surface area (Å²) in [6.07, 6.45) is 1.99. The number of fused-ring (bicyclic) bond motifs is 1. The first-order chi connectivity index (χ1) is 18.9. The summed E-state index contributed by atoms with van der Waals surface area (Å²) in [5, 5.41) is 3.52. The van der Waals surface area contributed by atoms with Gasteiger partial charge in [0.2, 0.25) is 11.8 Å². The zero-order valence-corrected chi connectivity index (χ0v) is 26.5. The van der Waals surface area contributed by atoms with Crippen molar-refractivity contribution in [2.45, 2.75) is 57.7 Å². The fourth-order valence-corrected chi connectivity index (χ4v) is 6.10. The fourth-order valence-electron chi connectivity index (χ4n) is 6.10. The Morgan fingerprint density at radius 1 is 1.14 bits per heavy atom. The van der Waals surface area contributed by atoms with Crippen molar-refractivity contribution >= 4 is 42.3 Å². The number of halogens is 4. The highest BCUT2D eigenvalue weighted by Crippen LogP contribution is 2.40. The Balaban J connectivity index is 0.00000242. The Hall–Kier alpha value is -2.37. The van der Waals surface area contributed by atoms with Crippen LogP contribution in [0.5, 0.6) is 0 Å². The molecule has 5 rings (SSSR count). The minimum Gasteiger partial charge on any atom is -0.338 e. The average molecular weight is 628 g/mol. The molecular weight excluding hydrogens is 585 g/mol. The van der Waals surface area contributed by atoms with Crippen molar-refractivity contribution in [3.63, 3.8) is 0 Å². The third-order valence-corrected chi connectivity index (χ3v) is 8.67. The molecule has 8 nitrogen and oxygen atoms in total. The van der Waals surface area contributed by atoms with Crippen molar-refractivity contribution in [3.05, 3.63) is 58.9 Å². The molecule has 0 aliphatic carbocycles. The Morgan fingerprint density at radius 2 is 1.88 bits per heavy atom. The van der Waals surface area contributed by atoms with E-state index in [0.717, 1.165) is 17.3 Å². The molecule has 12 heteroatoms. The van der Waals surface area contributed by atoms with Crippen LogP contribution in [0.1, 0.15) is 44.5 Å². The van der Waals surface area contributed by atoms with E-state index >= 15 is 0 Å². The van der Waals surface area contributed by atoms with Gasteiger partial charge >= 0.3 is 0 Å². The Labute approximate surface area is 259 Å². The summed E-state index contributed by atoms with van der Waals surface area (Å²) in [7, 11) is 1.97. The van der Waals surface area contributed by atoms with Gasteiger partial charge in [-0.15, -0.1) is 24.8 Å². The lowest BCUT2D eigenvalue weighted by atomic mass is 9.88. The summed E-state index contributed by atoms with van der Waals surface area (Å²) in [6, 6.07) is 5.98. The van der Waals surface area contributed by atoms with Gasteiger partial charge in [0.05, 0.1) is 18.8 Å². The van der Waals surface area contributed by atoms with E-state index in [2.05, 4.69) is 47.8 Å². The van der Waals surface area contributed by atoms with Crippen LogP contribution in [-0.4, -0.2) is 102 Å². The van der Waals surface area contributed by atoms with Crippen LogP contribution in [0.25, 0.3) is 0 Å². The Morgan fingerprint density at radius 3 is 2.60 bits per heavy atom. The van der Waals surface area contributed by atoms with Crippen LogP contribution in [-0.2, 0) is 21.4 Å². The molecule has 1 N–H and O–H groups in total. The van der Waals surface area contributed by atoms with Gasteiger partial charge in [-0.2, -0.15) is 0 Å². The number of hydrogen-bond acceptors (Lipinski definition) is 6. The van der Waals surface area contributed by atoms with Crippen LogP contribution in [0.15, 0.2) is 30.5 Å². The van der Waals surface area contributed by atoms with Gasteiger partial charge in [-0.3, -0.25) is 24.4 Å². The zero-order chi connectivity index (χ0) is 28.8. The van der Waals surface area contributed by atoms with E-state index < -0.39 is 11.6 Å². The molecule has 2 fully saturated rings. The van der Waals surface area contributed by atoms with Gasteiger partial charge in [-0.05, 0) is 38.6 Å². The quantitative estimate of drug-likeness (QED) is 0.531. The van der Waals surface area contributed by atoms with Crippen LogP contribution >= 0.6 is 24.8 Å². The second-order valence-electron chi connectivity index (χ2n) is 12.4. The van der Waals surface area contributed by atoms with Crippen LogP contribution in [0.2, 0.25) is 0 Å². The Kier molecular flexibility index (Phi) is 11.0. The van der Waals surface area contributed by atoms with E-state index in [1.807, 2.05) is 22.9 Å². The number of rotatable bonds is 6. The van der Waals surface area contributed by atoms with Gasteiger partial charge in [0.15, 0.2) is 0 Å². The summed E-state index contributed by atoms with van der Waals surface area (Å²) in [6.45, 7) is 12.3. The number of pyridine rings is 1. The predicted molar refractivity (Wildman–Crippen MR) is 165 cm³/mol. The lowest BCUT2D eigenvalue weighted by Crippen LogP contribution is -2.63. The highest BCUT2D eigenvalue weighted by Gasteiger charge is 2.40. The molecule has 3 aliphatic heterocycles.